The molecule has 0 radical (unpaired) electrons. The van der Waals surface area contributed by atoms with Gasteiger partial charge in [0, 0.05) is 45.3 Å². The predicted octanol–water partition coefficient (Wildman–Crippen LogP) is 5.19. The lowest BCUT2D eigenvalue weighted by Gasteiger charge is -2.32. The van der Waals surface area contributed by atoms with E-state index in [1.54, 1.807) is 10.7 Å². The lowest BCUT2D eigenvalue weighted by Crippen LogP contribution is -2.38. The van der Waals surface area contributed by atoms with Crippen molar-refractivity contribution in [1.82, 2.24) is 19.5 Å². The smallest absolute Gasteiger partial charge is 0.259 e. The van der Waals surface area contributed by atoms with Crippen LogP contribution in [0.4, 0.5) is 11.5 Å². The number of likely N-dealkylation sites (tertiary alicyclic amines) is 1. The number of hydrogen-bond donors (Lipinski definition) is 1. The first-order valence-corrected chi connectivity index (χ1v) is 13.1. The van der Waals surface area contributed by atoms with Crippen molar-refractivity contribution in [2.45, 2.75) is 38.5 Å². The molecule has 1 fully saturated rings. The van der Waals surface area contributed by atoms with E-state index >= 15 is 0 Å². The van der Waals surface area contributed by atoms with Crippen LogP contribution in [-0.2, 0) is 0 Å². The second-order valence-electron chi connectivity index (χ2n) is 10.4. The fourth-order valence-corrected chi connectivity index (χ4v) is 5.06. The van der Waals surface area contributed by atoms with Gasteiger partial charge in [-0.2, -0.15) is 5.10 Å². The maximum Gasteiger partial charge on any atom is 0.259 e. The van der Waals surface area contributed by atoms with Gasteiger partial charge in [0.2, 0.25) is 0 Å². The molecular weight excluding hydrogens is 476 g/mol. The van der Waals surface area contributed by atoms with E-state index in [0.29, 0.717) is 30.1 Å². The summed E-state index contributed by atoms with van der Waals surface area (Å²) in [6, 6.07) is 17.6. The summed E-state index contributed by atoms with van der Waals surface area (Å²) in [7, 11) is 3.86. The third-order valence-electron chi connectivity index (χ3n) is 7.22. The Balaban J connectivity index is 1.21. The fraction of sp³-hybridized carbons (Fsp3) is 0.333. The van der Waals surface area contributed by atoms with Crippen molar-refractivity contribution in [2.24, 2.45) is 0 Å². The van der Waals surface area contributed by atoms with Crippen LogP contribution >= 0.6 is 0 Å². The number of nitrogens with one attached hydrogen (secondary N) is 1. The molecule has 8 heteroatoms. The molecule has 38 heavy (non-hydrogen) atoms. The third kappa shape index (κ3) is 5.11. The van der Waals surface area contributed by atoms with Crippen LogP contribution in [0.3, 0.4) is 0 Å². The molecule has 5 rings (SSSR count). The van der Waals surface area contributed by atoms with E-state index in [4.69, 9.17) is 0 Å². The number of hydrogen-bond acceptors (Lipinski definition) is 5. The van der Waals surface area contributed by atoms with Gasteiger partial charge in [0.15, 0.2) is 0 Å². The van der Waals surface area contributed by atoms with Crippen molar-refractivity contribution in [3.8, 4) is 0 Å². The summed E-state index contributed by atoms with van der Waals surface area (Å²) in [4.78, 5) is 34.4. The Labute approximate surface area is 223 Å². The highest BCUT2D eigenvalue weighted by molar-refractivity contribution is 6.10. The highest BCUT2D eigenvalue weighted by Gasteiger charge is 2.25. The molecule has 2 amide bonds. The van der Waals surface area contributed by atoms with Crippen LogP contribution < -0.4 is 10.2 Å². The van der Waals surface area contributed by atoms with Crippen LogP contribution in [-0.4, -0.2) is 58.5 Å². The normalized spacial score (nSPS) is 14.2. The van der Waals surface area contributed by atoms with E-state index in [2.05, 4.69) is 27.5 Å². The summed E-state index contributed by atoms with van der Waals surface area (Å²) in [5, 5.41) is 7.68. The number of rotatable bonds is 6. The van der Waals surface area contributed by atoms with Crippen LogP contribution in [0, 0.1) is 0 Å². The molecule has 1 aliphatic rings. The summed E-state index contributed by atoms with van der Waals surface area (Å²) in [5.41, 5.74) is 4.82. The van der Waals surface area contributed by atoms with Gasteiger partial charge in [0.25, 0.3) is 11.8 Å². The number of carbonyl (C=O) groups excluding carboxylic acids is 2. The number of anilines is 2. The van der Waals surface area contributed by atoms with Crippen LogP contribution in [0.15, 0.2) is 67.0 Å². The van der Waals surface area contributed by atoms with E-state index < -0.39 is 0 Å². The number of piperidine rings is 1. The van der Waals surface area contributed by atoms with Gasteiger partial charge in [0.1, 0.15) is 5.82 Å². The van der Waals surface area contributed by atoms with E-state index in [0.717, 1.165) is 35.6 Å². The highest BCUT2D eigenvalue weighted by atomic mass is 16.2. The van der Waals surface area contributed by atoms with Crippen molar-refractivity contribution in [3.05, 3.63) is 89.4 Å². The Hall–Kier alpha value is -4.20. The van der Waals surface area contributed by atoms with Crippen LogP contribution in [0.2, 0.25) is 0 Å². The minimum Gasteiger partial charge on any atom is -0.363 e. The second-order valence-corrected chi connectivity index (χ2v) is 10.4. The summed E-state index contributed by atoms with van der Waals surface area (Å²) >= 11 is 0. The van der Waals surface area contributed by atoms with Gasteiger partial charge in [-0.25, -0.2) is 9.50 Å². The Bertz CT molecular complexity index is 1430. The molecule has 1 aromatic carbocycles. The number of aromatic nitrogens is 3. The van der Waals surface area contributed by atoms with Gasteiger partial charge in [-0.15, -0.1) is 0 Å². The molecular formula is C30H34N6O2. The molecule has 4 aromatic rings. The topological polar surface area (TPSA) is 82.8 Å². The number of fused-ring (bicyclic) bond motifs is 1. The van der Waals surface area contributed by atoms with Crippen molar-refractivity contribution >= 4 is 28.8 Å². The molecule has 0 bridgehead atoms. The number of amides is 2. The van der Waals surface area contributed by atoms with Gasteiger partial charge in [-0.3, -0.25) is 9.59 Å². The molecule has 0 spiro atoms. The summed E-state index contributed by atoms with van der Waals surface area (Å²) < 4.78 is 1.76. The lowest BCUT2D eigenvalue weighted by atomic mass is 9.89. The van der Waals surface area contributed by atoms with Crippen molar-refractivity contribution in [2.75, 3.05) is 37.4 Å². The predicted molar refractivity (Wildman–Crippen MR) is 150 cm³/mol. The van der Waals surface area contributed by atoms with E-state index in [1.807, 2.05) is 86.4 Å². The highest BCUT2D eigenvalue weighted by Crippen LogP contribution is 2.30. The number of carbonyl (C=O) groups is 2. The number of benzene rings is 1. The molecule has 0 unspecified atom stereocenters. The van der Waals surface area contributed by atoms with Crippen LogP contribution in [0.5, 0.6) is 0 Å². The van der Waals surface area contributed by atoms with Gasteiger partial charge in [0.05, 0.1) is 22.3 Å². The maximum absolute atomic E-state index is 13.3. The molecule has 1 N–H and O–H groups in total. The summed E-state index contributed by atoms with van der Waals surface area (Å²) in [5.74, 6) is 1.23. The van der Waals surface area contributed by atoms with Gasteiger partial charge >= 0.3 is 0 Å². The van der Waals surface area contributed by atoms with Crippen molar-refractivity contribution in [3.63, 3.8) is 0 Å². The first-order chi connectivity index (χ1) is 18.3. The first kappa shape index (κ1) is 25.4. The Morgan fingerprint density at radius 1 is 1.00 bits per heavy atom. The molecule has 8 nitrogen and oxygen atoms in total. The number of nitrogens with zero attached hydrogens (tertiary/aromatic N) is 5. The van der Waals surface area contributed by atoms with E-state index in [-0.39, 0.29) is 17.7 Å². The minimum absolute atomic E-state index is 0.0350. The maximum atomic E-state index is 13.3. The van der Waals surface area contributed by atoms with Gasteiger partial charge < -0.3 is 15.1 Å². The standard InChI is InChI=1S/C30H34N6O2/c1-20(2)28-27(25-7-5-6-16-36(25)33-28)29(37)32-24-11-8-21(9-12-24)22-14-17-35(18-15-22)30(38)23-10-13-26(31-19-23)34(3)4/h5-13,16,19-20,22H,14-15,17-18H2,1-4H3,(H,32,37). The molecule has 0 aliphatic carbocycles. The number of pyridine rings is 2. The van der Waals surface area contributed by atoms with Gasteiger partial charge in [-0.1, -0.05) is 32.0 Å². The lowest BCUT2D eigenvalue weighted by molar-refractivity contribution is 0.0712. The average molecular weight is 511 g/mol. The second kappa shape index (κ2) is 10.7. The summed E-state index contributed by atoms with van der Waals surface area (Å²) in [6.07, 6.45) is 5.33. The Kier molecular flexibility index (Phi) is 7.13. The molecule has 0 saturated carbocycles. The monoisotopic (exact) mass is 510 g/mol. The van der Waals surface area contributed by atoms with Crippen molar-refractivity contribution < 1.29 is 9.59 Å². The largest absolute Gasteiger partial charge is 0.363 e. The molecule has 3 aromatic heterocycles. The van der Waals surface area contributed by atoms with E-state index in [9.17, 15) is 9.59 Å². The molecule has 1 saturated heterocycles. The quantitative estimate of drug-likeness (QED) is 0.386. The van der Waals surface area contributed by atoms with Crippen molar-refractivity contribution in [1.29, 1.82) is 0 Å². The fourth-order valence-electron chi connectivity index (χ4n) is 5.06. The zero-order valence-electron chi connectivity index (χ0n) is 22.4. The Morgan fingerprint density at radius 2 is 1.74 bits per heavy atom. The molecule has 196 valence electrons. The Morgan fingerprint density at radius 3 is 2.37 bits per heavy atom. The SMILES string of the molecule is CC(C)c1nn2ccccc2c1C(=O)Nc1ccc(C2CCN(C(=O)c3ccc(N(C)C)nc3)CC2)cc1. The average Bonchev–Trinajstić information content (AvgIpc) is 3.34. The summed E-state index contributed by atoms with van der Waals surface area (Å²) in [6.45, 7) is 5.52. The molecule has 0 atom stereocenters. The van der Waals surface area contributed by atoms with Crippen LogP contribution in [0.25, 0.3) is 5.52 Å². The van der Waals surface area contributed by atoms with Gasteiger partial charge in [-0.05, 0) is 66.6 Å². The molecule has 4 heterocycles. The zero-order valence-corrected chi connectivity index (χ0v) is 22.4. The first-order valence-electron chi connectivity index (χ1n) is 13.1. The molecule has 1 aliphatic heterocycles. The minimum atomic E-state index is -0.150. The third-order valence-corrected chi connectivity index (χ3v) is 7.22. The van der Waals surface area contributed by atoms with E-state index in [1.165, 1.54) is 5.56 Å². The van der Waals surface area contributed by atoms with Crippen LogP contribution in [0.1, 0.15) is 70.5 Å². The zero-order chi connectivity index (χ0) is 26.8.